The van der Waals surface area contributed by atoms with Gasteiger partial charge in [0.25, 0.3) is 5.91 Å². The maximum absolute atomic E-state index is 12.7. The molecule has 0 fully saturated rings. The van der Waals surface area contributed by atoms with Crippen molar-refractivity contribution in [3.05, 3.63) is 64.1 Å². The second-order valence-electron chi connectivity index (χ2n) is 7.52. The van der Waals surface area contributed by atoms with Crippen molar-refractivity contribution in [2.24, 2.45) is 0 Å². The molecule has 7 nitrogen and oxygen atoms in total. The molecule has 0 saturated carbocycles. The van der Waals surface area contributed by atoms with Crippen molar-refractivity contribution in [3.8, 4) is 17.0 Å². The standard InChI is InChI=1S/C23H19ClN4O3S/c1-12(29)25-17-7-8-31-20-6-5-13(9-15(17)20)19-11-32-23(27-19)28-22(30)18-10-14-3-2-4-16(24)21(14)26-18/h2-6,9-11,17,26H,7-8H2,1H3,(H,25,29)(H,27,28,30). The van der Waals surface area contributed by atoms with E-state index < -0.39 is 0 Å². The highest BCUT2D eigenvalue weighted by molar-refractivity contribution is 7.14. The molecule has 9 heteroatoms. The molecule has 2 amide bonds. The number of ether oxygens (including phenoxy) is 1. The molecule has 32 heavy (non-hydrogen) atoms. The number of aromatic nitrogens is 2. The number of hydrogen-bond acceptors (Lipinski definition) is 5. The number of benzene rings is 2. The number of fused-ring (bicyclic) bond motifs is 2. The van der Waals surface area contributed by atoms with E-state index in [1.54, 1.807) is 12.1 Å². The van der Waals surface area contributed by atoms with E-state index in [0.717, 1.165) is 33.5 Å². The molecule has 1 atom stereocenters. The summed E-state index contributed by atoms with van der Waals surface area (Å²) in [5.41, 5.74) is 3.69. The van der Waals surface area contributed by atoms with Gasteiger partial charge in [0.05, 0.1) is 28.9 Å². The zero-order valence-corrected chi connectivity index (χ0v) is 18.6. The lowest BCUT2D eigenvalue weighted by Gasteiger charge is -2.26. The van der Waals surface area contributed by atoms with E-state index in [4.69, 9.17) is 16.3 Å². The number of halogens is 1. The van der Waals surface area contributed by atoms with Gasteiger partial charge < -0.3 is 15.0 Å². The Morgan fingerprint density at radius 3 is 2.94 bits per heavy atom. The number of H-pyrrole nitrogens is 1. The van der Waals surface area contributed by atoms with Gasteiger partial charge in [0.2, 0.25) is 5.91 Å². The molecule has 1 unspecified atom stereocenters. The highest BCUT2D eigenvalue weighted by Gasteiger charge is 2.23. The van der Waals surface area contributed by atoms with Gasteiger partial charge in [0, 0.05) is 35.2 Å². The molecule has 2 aromatic carbocycles. The fourth-order valence-corrected chi connectivity index (χ4v) is 4.76. The summed E-state index contributed by atoms with van der Waals surface area (Å²) in [4.78, 5) is 31.9. The van der Waals surface area contributed by atoms with Crippen molar-refractivity contribution in [3.63, 3.8) is 0 Å². The lowest BCUT2D eigenvalue weighted by atomic mass is 9.97. The predicted molar refractivity (Wildman–Crippen MR) is 125 cm³/mol. The van der Waals surface area contributed by atoms with Crippen LogP contribution < -0.4 is 15.4 Å². The van der Waals surface area contributed by atoms with Gasteiger partial charge in [-0.05, 0) is 30.3 Å². The second kappa shape index (κ2) is 8.29. The zero-order chi connectivity index (χ0) is 22.2. The number of aromatic amines is 1. The third-order valence-electron chi connectivity index (χ3n) is 5.30. The summed E-state index contributed by atoms with van der Waals surface area (Å²) >= 11 is 7.53. The van der Waals surface area contributed by atoms with Gasteiger partial charge in [0.1, 0.15) is 11.4 Å². The third-order valence-corrected chi connectivity index (χ3v) is 6.37. The van der Waals surface area contributed by atoms with Crippen molar-refractivity contribution in [2.45, 2.75) is 19.4 Å². The Morgan fingerprint density at radius 1 is 1.25 bits per heavy atom. The van der Waals surface area contributed by atoms with Gasteiger partial charge in [-0.25, -0.2) is 4.98 Å². The fraction of sp³-hybridized carbons (Fsp3) is 0.174. The molecule has 5 rings (SSSR count). The molecular weight excluding hydrogens is 448 g/mol. The Kier molecular flexibility index (Phi) is 5.32. The first-order chi connectivity index (χ1) is 15.5. The smallest absolute Gasteiger partial charge is 0.273 e. The maximum atomic E-state index is 12.7. The molecule has 0 radical (unpaired) electrons. The fourth-order valence-electron chi connectivity index (χ4n) is 3.82. The average molecular weight is 467 g/mol. The van der Waals surface area contributed by atoms with E-state index in [0.29, 0.717) is 28.9 Å². The molecule has 0 aliphatic carbocycles. The number of thiazole rings is 1. The Labute approximate surface area is 192 Å². The van der Waals surface area contributed by atoms with Crippen LogP contribution in [0.2, 0.25) is 5.02 Å². The predicted octanol–water partition coefficient (Wildman–Crippen LogP) is 5.16. The van der Waals surface area contributed by atoms with Crippen molar-refractivity contribution in [1.29, 1.82) is 0 Å². The molecule has 0 spiro atoms. The Balaban J connectivity index is 1.37. The van der Waals surface area contributed by atoms with Crippen LogP contribution in [0.15, 0.2) is 47.8 Å². The molecule has 3 N–H and O–H groups in total. The highest BCUT2D eigenvalue weighted by atomic mass is 35.5. The highest BCUT2D eigenvalue weighted by Crippen LogP contribution is 2.36. The molecular formula is C23H19ClN4O3S. The van der Waals surface area contributed by atoms with Crippen LogP contribution in [0.25, 0.3) is 22.2 Å². The van der Waals surface area contributed by atoms with Crippen LogP contribution in [-0.2, 0) is 4.79 Å². The molecule has 0 saturated heterocycles. The quantitative estimate of drug-likeness (QED) is 0.387. The SMILES string of the molecule is CC(=O)NC1CCOc2ccc(-c3csc(NC(=O)c4cc5cccc(Cl)c5[nH]4)n3)cc21. The van der Waals surface area contributed by atoms with Gasteiger partial charge in [-0.2, -0.15) is 0 Å². The minimum absolute atomic E-state index is 0.0785. The van der Waals surface area contributed by atoms with E-state index in [9.17, 15) is 9.59 Å². The van der Waals surface area contributed by atoms with E-state index in [2.05, 4.69) is 20.6 Å². The van der Waals surface area contributed by atoms with Gasteiger partial charge >= 0.3 is 0 Å². The molecule has 1 aliphatic heterocycles. The summed E-state index contributed by atoms with van der Waals surface area (Å²) in [7, 11) is 0. The van der Waals surface area contributed by atoms with Gasteiger partial charge in [-0.15, -0.1) is 11.3 Å². The van der Waals surface area contributed by atoms with Crippen LogP contribution in [0.1, 0.15) is 35.4 Å². The van der Waals surface area contributed by atoms with Crippen molar-refractivity contribution >= 4 is 50.8 Å². The van der Waals surface area contributed by atoms with Crippen molar-refractivity contribution in [1.82, 2.24) is 15.3 Å². The summed E-state index contributed by atoms with van der Waals surface area (Å²) in [6.07, 6.45) is 0.711. The monoisotopic (exact) mass is 466 g/mol. The number of anilines is 1. The first-order valence-corrected chi connectivity index (χ1v) is 11.3. The average Bonchev–Trinajstić information content (AvgIpc) is 3.41. The van der Waals surface area contributed by atoms with Crippen LogP contribution >= 0.6 is 22.9 Å². The Morgan fingerprint density at radius 2 is 2.12 bits per heavy atom. The number of carbonyl (C=O) groups is 2. The number of nitrogens with one attached hydrogen (secondary N) is 3. The first-order valence-electron chi connectivity index (χ1n) is 10.1. The lowest BCUT2D eigenvalue weighted by Crippen LogP contribution is -2.30. The number of para-hydroxylation sites is 1. The zero-order valence-electron chi connectivity index (χ0n) is 17.1. The van der Waals surface area contributed by atoms with Crippen molar-refractivity contribution in [2.75, 3.05) is 11.9 Å². The Bertz CT molecular complexity index is 1350. The first kappa shape index (κ1) is 20.5. The minimum atomic E-state index is -0.289. The largest absolute Gasteiger partial charge is 0.493 e. The van der Waals surface area contributed by atoms with Crippen LogP contribution in [-0.4, -0.2) is 28.4 Å². The lowest BCUT2D eigenvalue weighted by molar-refractivity contribution is -0.119. The number of carbonyl (C=O) groups excluding carboxylic acids is 2. The van der Waals surface area contributed by atoms with E-state index in [1.165, 1.54) is 18.3 Å². The number of rotatable bonds is 4. The summed E-state index contributed by atoms with van der Waals surface area (Å²) in [5.74, 6) is 0.396. The summed E-state index contributed by atoms with van der Waals surface area (Å²) in [6, 6.07) is 13.0. The van der Waals surface area contributed by atoms with E-state index in [1.807, 2.05) is 35.7 Å². The van der Waals surface area contributed by atoms with Crippen LogP contribution in [0, 0.1) is 0 Å². The summed E-state index contributed by atoms with van der Waals surface area (Å²) in [5, 5.41) is 9.62. The van der Waals surface area contributed by atoms with Gasteiger partial charge in [-0.3, -0.25) is 14.9 Å². The third kappa shape index (κ3) is 3.94. The normalized spacial score (nSPS) is 15.1. The maximum Gasteiger partial charge on any atom is 0.273 e. The van der Waals surface area contributed by atoms with Crippen LogP contribution in [0.4, 0.5) is 5.13 Å². The topological polar surface area (TPSA) is 96.1 Å². The Hall–Kier alpha value is -3.36. The van der Waals surface area contributed by atoms with E-state index >= 15 is 0 Å². The van der Waals surface area contributed by atoms with Gasteiger partial charge in [-0.1, -0.05) is 23.7 Å². The number of nitrogens with zero attached hydrogens (tertiary/aromatic N) is 1. The molecule has 2 aromatic heterocycles. The minimum Gasteiger partial charge on any atom is -0.493 e. The number of hydrogen-bond donors (Lipinski definition) is 3. The molecule has 162 valence electrons. The molecule has 1 aliphatic rings. The molecule has 3 heterocycles. The second-order valence-corrected chi connectivity index (χ2v) is 8.79. The van der Waals surface area contributed by atoms with Crippen molar-refractivity contribution < 1.29 is 14.3 Å². The molecule has 4 aromatic rings. The van der Waals surface area contributed by atoms with Crippen LogP contribution in [0.5, 0.6) is 5.75 Å². The van der Waals surface area contributed by atoms with Crippen LogP contribution in [0.3, 0.4) is 0 Å². The van der Waals surface area contributed by atoms with E-state index in [-0.39, 0.29) is 17.9 Å². The van der Waals surface area contributed by atoms with Gasteiger partial charge in [0.15, 0.2) is 5.13 Å². The molecule has 0 bridgehead atoms. The summed E-state index contributed by atoms with van der Waals surface area (Å²) < 4.78 is 5.73. The number of amides is 2. The summed E-state index contributed by atoms with van der Waals surface area (Å²) in [6.45, 7) is 2.07.